The summed E-state index contributed by atoms with van der Waals surface area (Å²) >= 11 is 0. The van der Waals surface area contributed by atoms with Gasteiger partial charge in [-0.2, -0.15) is 0 Å². The predicted octanol–water partition coefficient (Wildman–Crippen LogP) is 2.16. The molecule has 4 nitrogen and oxygen atoms in total. The molecular weight excluding hydrogens is 264 g/mol. The molecule has 1 heterocycles. The summed E-state index contributed by atoms with van der Waals surface area (Å²) in [6.07, 6.45) is 1.04. The van der Waals surface area contributed by atoms with Crippen LogP contribution in [0.3, 0.4) is 0 Å². The van der Waals surface area contributed by atoms with Crippen molar-refractivity contribution in [2.24, 2.45) is 5.92 Å². The first-order chi connectivity index (χ1) is 10.0. The minimum atomic E-state index is -0.238. The van der Waals surface area contributed by atoms with Crippen molar-refractivity contribution < 1.29 is 9.59 Å². The molecule has 2 atom stereocenters. The first-order valence-electron chi connectivity index (χ1n) is 7.59. The molecule has 2 unspecified atom stereocenters. The monoisotopic (exact) mass is 288 g/mol. The van der Waals surface area contributed by atoms with Gasteiger partial charge < -0.3 is 5.32 Å². The third-order valence-electron chi connectivity index (χ3n) is 4.27. The molecule has 0 aromatic heterocycles. The number of carbonyl (C=O) groups excluding carboxylic acids is 2. The maximum Gasteiger partial charge on any atom is 0.246 e. The second-order valence-electron chi connectivity index (χ2n) is 6.05. The van der Waals surface area contributed by atoms with E-state index in [1.54, 1.807) is 7.05 Å². The Morgan fingerprint density at radius 2 is 1.90 bits per heavy atom. The highest BCUT2D eigenvalue weighted by Crippen LogP contribution is 2.24. The number of hydrogen-bond donors (Lipinski definition) is 1. The standard InChI is InChI=1S/C17H24N2O2/c1-12(2)14(13-7-5-4-6-8-13)11-18-15-9-10-16(20)19(3)17(15)21/h4-8,12,14-15,18H,9-11H2,1-3H3. The van der Waals surface area contributed by atoms with E-state index in [1.165, 1.54) is 10.5 Å². The molecule has 1 aromatic rings. The third-order valence-corrected chi connectivity index (χ3v) is 4.27. The summed E-state index contributed by atoms with van der Waals surface area (Å²) in [5.41, 5.74) is 1.28. The second kappa shape index (κ2) is 6.85. The number of likely N-dealkylation sites (N-methyl/N-ethyl adjacent to an activating group) is 1. The molecule has 1 aliphatic heterocycles. The fraction of sp³-hybridized carbons (Fsp3) is 0.529. The van der Waals surface area contributed by atoms with Crippen LogP contribution in [-0.4, -0.2) is 36.3 Å². The number of hydrogen-bond acceptors (Lipinski definition) is 3. The molecule has 0 bridgehead atoms. The van der Waals surface area contributed by atoms with Gasteiger partial charge in [0, 0.05) is 20.0 Å². The van der Waals surface area contributed by atoms with Crippen molar-refractivity contribution in [1.82, 2.24) is 10.2 Å². The lowest BCUT2D eigenvalue weighted by Gasteiger charge is -2.30. The molecule has 0 aliphatic carbocycles. The fourth-order valence-corrected chi connectivity index (χ4v) is 2.81. The summed E-state index contributed by atoms with van der Waals surface area (Å²) in [5.74, 6) is 0.656. The maximum absolute atomic E-state index is 12.1. The summed E-state index contributed by atoms with van der Waals surface area (Å²) in [7, 11) is 1.57. The molecule has 1 saturated heterocycles. The average Bonchev–Trinajstić information content (AvgIpc) is 2.48. The van der Waals surface area contributed by atoms with E-state index in [4.69, 9.17) is 0 Å². The maximum atomic E-state index is 12.1. The van der Waals surface area contributed by atoms with Crippen molar-refractivity contribution in [3.63, 3.8) is 0 Å². The zero-order valence-corrected chi connectivity index (χ0v) is 13.0. The highest BCUT2D eigenvalue weighted by molar-refractivity contribution is 6.00. The van der Waals surface area contributed by atoms with E-state index in [-0.39, 0.29) is 17.9 Å². The number of piperidine rings is 1. The number of amides is 2. The molecule has 1 aromatic carbocycles. The molecule has 1 aliphatic rings. The van der Waals surface area contributed by atoms with Crippen LogP contribution in [0.5, 0.6) is 0 Å². The number of imide groups is 1. The van der Waals surface area contributed by atoms with Crippen molar-refractivity contribution in [2.45, 2.75) is 38.6 Å². The Balaban J connectivity index is 2.00. The van der Waals surface area contributed by atoms with Crippen LogP contribution in [0.15, 0.2) is 30.3 Å². The number of rotatable bonds is 5. The first kappa shape index (κ1) is 15.7. The van der Waals surface area contributed by atoms with Gasteiger partial charge in [0.25, 0.3) is 0 Å². The number of carbonyl (C=O) groups is 2. The van der Waals surface area contributed by atoms with Gasteiger partial charge in [0.1, 0.15) is 0 Å². The van der Waals surface area contributed by atoms with Crippen LogP contribution in [0.2, 0.25) is 0 Å². The highest BCUT2D eigenvalue weighted by atomic mass is 16.2. The van der Waals surface area contributed by atoms with E-state index in [0.29, 0.717) is 24.7 Å². The van der Waals surface area contributed by atoms with Crippen LogP contribution < -0.4 is 5.32 Å². The second-order valence-corrected chi connectivity index (χ2v) is 6.05. The third kappa shape index (κ3) is 3.70. The Bertz CT molecular complexity index is 499. The van der Waals surface area contributed by atoms with E-state index >= 15 is 0 Å². The van der Waals surface area contributed by atoms with E-state index < -0.39 is 0 Å². The molecule has 0 radical (unpaired) electrons. The van der Waals surface area contributed by atoms with Crippen LogP contribution in [-0.2, 0) is 9.59 Å². The molecule has 1 fully saturated rings. The fourth-order valence-electron chi connectivity index (χ4n) is 2.81. The molecule has 21 heavy (non-hydrogen) atoms. The number of likely N-dealkylation sites (tertiary alicyclic amines) is 1. The highest BCUT2D eigenvalue weighted by Gasteiger charge is 2.32. The lowest BCUT2D eigenvalue weighted by molar-refractivity contribution is -0.148. The Kier molecular flexibility index (Phi) is 5.12. The molecular formula is C17H24N2O2. The van der Waals surface area contributed by atoms with Crippen LogP contribution in [0.1, 0.15) is 38.2 Å². The normalized spacial score (nSPS) is 21.0. The van der Waals surface area contributed by atoms with Gasteiger partial charge in [0.15, 0.2) is 0 Å². The van der Waals surface area contributed by atoms with Gasteiger partial charge in [-0.3, -0.25) is 14.5 Å². The van der Waals surface area contributed by atoms with Gasteiger partial charge in [-0.25, -0.2) is 0 Å². The summed E-state index contributed by atoms with van der Waals surface area (Å²) in [6.45, 7) is 5.13. The van der Waals surface area contributed by atoms with Crippen LogP contribution >= 0.6 is 0 Å². The van der Waals surface area contributed by atoms with Gasteiger partial charge in [0.2, 0.25) is 11.8 Å². The number of nitrogens with zero attached hydrogens (tertiary/aromatic N) is 1. The van der Waals surface area contributed by atoms with Crippen LogP contribution in [0.4, 0.5) is 0 Å². The van der Waals surface area contributed by atoms with Gasteiger partial charge >= 0.3 is 0 Å². The molecule has 1 N–H and O–H groups in total. The largest absolute Gasteiger partial charge is 0.305 e. The Labute approximate surface area is 126 Å². The molecule has 0 saturated carbocycles. The van der Waals surface area contributed by atoms with Gasteiger partial charge in [-0.15, -0.1) is 0 Å². The summed E-state index contributed by atoms with van der Waals surface area (Å²) in [6, 6.07) is 10.1. The van der Waals surface area contributed by atoms with Crippen LogP contribution in [0, 0.1) is 5.92 Å². The van der Waals surface area contributed by atoms with E-state index in [9.17, 15) is 9.59 Å². The zero-order valence-electron chi connectivity index (χ0n) is 13.0. The van der Waals surface area contributed by atoms with Crippen LogP contribution in [0.25, 0.3) is 0 Å². The topological polar surface area (TPSA) is 49.4 Å². The van der Waals surface area contributed by atoms with Gasteiger partial charge in [0.05, 0.1) is 6.04 Å². The van der Waals surface area contributed by atoms with Crippen molar-refractivity contribution >= 4 is 11.8 Å². The lowest BCUT2D eigenvalue weighted by atomic mass is 9.88. The quantitative estimate of drug-likeness (QED) is 0.845. The smallest absolute Gasteiger partial charge is 0.246 e. The zero-order chi connectivity index (χ0) is 15.4. The molecule has 2 amide bonds. The van der Waals surface area contributed by atoms with Crippen molar-refractivity contribution in [3.05, 3.63) is 35.9 Å². The summed E-state index contributed by atoms with van der Waals surface area (Å²) in [5, 5.41) is 3.36. The Morgan fingerprint density at radius 3 is 2.52 bits per heavy atom. The minimum absolute atomic E-state index is 0.0819. The van der Waals surface area contributed by atoms with Crippen molar-refractivity contribution in [2.75, 3.05) is 13.6 Å². The summed E-state index contributed by atoms with van der Waals surface area (Å²) < 4.78 is 0. The van der Waals surface area contributed by atoms with Crippen molar-refractivity contribution in [3.8, 4) is 0 Å². The summed E-state index contributed by atoms with van der Waals surface area (Å²) in [4.78, 5) is 24.8. The first-order valence-corrected chi connectivity index (χ1v) is 7.59. The number of nitrogens with one attached hydrogen (secondary N) is 1. The van der Waals surface area contributed by atoms with E-state index in [0.717, 1.165) is 6.54 Å². The van der Waals surface area contributed by atoms with E-state index in [1.807, 2.05) is 18.2 Å². The van der Waals surface area contributed by atoms with Crippen molar-refractivity contribution in [1.29, 1.82) is 0 Å². The lowest BCUT2D eigenvalue weighted by Crippen LogP contribution is -2.52. The SMILES string of the molecule is CC(C)C(CNC1CCC(=O)N(C)C1=O)c1ccccc1. The Hall–Kier alpha value is -1.68. The average molecular weight is 288 g/mol. The number of benzene rings is 1. The molecule has 4 heteroatoms. The van der Waals surface area contributed by atoms with Gasteiger partial charge in [-0.05, 0) is 23.8 Å². The van der Waals surface area contributed by atoms with Gasteiger partial charge in [-0.1, -0.05) is 44.2 Å². The molecule has 2 rings (SSSR count). The molecule has 114 valence electrons. The minimum Gasteiger partial charge on any atom is -0.305 e. The molecule has 0 spiro atoms. The predicted molar refractivity (Wildman–Crippen MR) is 82.8 cm³/mol. The Morgan fingerprint density at radius 1 is 1.24 bits per heavy atom. The van der Waals surface area contributed by atoms with E-state index in [2.05, 4.69) is 31.3 Å².